The molecular formula is C47H34. The Morgan fingerprint density at radius 1 is 0.404 bits per heavy atom. The normalized spacial score (nSPS) is 14.2. The fourth-order valence-corrected chi connectivity index (χ4v) is 8.75. The molecule has 0 bridgehead atoms. The smallest absolute Gasteiger partial charge is 0.000706 e. The van der Waals surface area contributed by atoms with Crippen LogP contribution >= 0.6 is 0 Å². The molecule has 3 aliphatic carbocycles. The Hall–Kier alpha value is -5.46. The van der Waals surface area contributed by atoms with Crippen LogP contribution in [0.2, 0.25) is 0 Å². The van der Waals surface area contributed by atoms with E-state index in [9.17, 15) is 0 Å². The van der Waals surface area contributed by atoms with Gasteiger partial charge in [-0.05, 0) is 150 Å². The Morgan fingerprint density at radius 3 is 1.83 bits per heavy atom. The van der Waals surface area contributed by atoms with E-state index in [-0.39, 0.29) is 0 Å². The van der Waals surface area contributed by atoms with Gasteiger partial charge in [-0.25, -0.2) is 0 Å². The highest BCUT2D eigenvalue weighted by atomic mass is 14.3. The molecule has 0 N–H and O–H groups in total. The minimum Gasteiger partial charge on any atom is -0.0836 e. The van der Waals surface area contributed by atoms with Crippen molar-refractivity contribution in [1.82, 2.24) is 0 Å². The molecule has 0 heteroatoms. The Balaban J connectivity index is 1.22. The van der Waals surface area contributed by atoms with Crippen LogP contribution < -0.4 is 0 Å². The summed E-state index contributed by atoms with van der Waals surface area (Å²) in [6.07, 6.45) is 14.9. The lowest BCUT2D eigenvalue weighted by molar-refractivity contribution is 0.958. The van der Waals surface area contributed by atoms with Crippen molar-refractivity contribution >= 4 is 33.7 Å². The largest absolute Gasteiger partial charge is 0.0836 e. The SMILES string of the molecule is C1=Cc2c(c(-c3cccc(-c4c5c(cc6ccccc46)-c4ccccc4C5)c3)c3c(c2-c2ccc4ccccc4c2)CCC=C3)CC1. The van der Waals surface area contributed by atoms with Gasteiger partial charge >= 0.3 is 0 Å². The molecule has 47 heavy (non-hydrogen) atoms. The van der Waals surface area contributed by atoms with E-state index in [0.29, 0.717) is 0 Å². The van der Waals surface area contributed by atoms with Gasteiger partial charge < -0.3 is 0 Å². The highest BCUT2D eigenvalue weighted by Crippen LogP contribution is 2.49. The molecule has 0 saturated carbocycles. The summed E-state index contributed by atoms with van der Waals surface area (Å²) in [6, 6.07) is 45.6. The first-order valence-corrected chi connectivity index (χ1v) is 17.1. The topological polar surface area (TPSA) is 0 Å². The maximum atomic E-state index is 2.50. The molecule has 10 rings (SSSR count). The summed E-state index contributed by atoms with van der Waals surface area (Å²) in [5, 5.41) is 5.26. The summed E-state index contributed by atoms with van der Waals surface area (Å²) in [7, 11) is 0. The minimum absolute atomic E-state index is 0.981. The molecule has 0 unspecified atom stereocenters. The number of fused-ring (bicyclic) bond motifs is 7. The Morgan fingerprint density at radius 2 is 1.04 bits per heavy atom. The highest BCUT2D eigenvalue weighted by molar-refractivity contribution is 6.05. The molecule has 7 aromatic carbocycles. The first kappa shape index (κ1) is 26.7. The third-order valence-corrected chi connectivity index (χ3v) is 10.8. The van der Waals surface area contributed by atoms with E-state index >= 15 is 0 Å². The molecule has 0 fully saturated rings. The number of benzene rings is 7. The summed E-state index contributed by atoms with van der Waals surface area (Å²) in [5.74, 6) is 0. The molecule has 0 atom stereocenters. The molecule has 0 aromatic heterocycles. The van der Waals surface area contributed by atoms with E-state index in [1.807, 2.05) is 0 Å². The number of hydrogen-bond acceptors (Lipinski definition) is 0. The zero-order valence-electron chi connectivity index (χ0n) is 26.4. The average Bonchev–Trinajstić information content (AvgIpc) is 3.50. The van der Waals surface area contributed by atoms with Crippen molar-refractivity contribution in [3.63, 3.8) is 0 Å². The zero-order chi connectivity index (χ0) is 30.9. The van der Waals surface area contributed by atoms with Gasteiger partial charge in [0.05, 0.1) is 0 Å². The van der Waals surface area contributed by atoms with E-state index in [2.05, 4.69) is 146 Å². The van der Waals surface area contributed by atoms with Gasteiger partial charge in [-0.2, -0.15) is 0 Å². The minimum atomic E-state index is 0.981. The van der Waals surface area contributed by atoms with Crippen molar-refractivity contribution in [3.8, 4) is 44.5 Å². The van der Waals surface area contributed by atoms with Gasteiger partial charge in [0.25, 0.3) is 0 Å². The lowest BCUT2D eigenvalue weighted by atomic mass is 9.75. The maximum absolute atomic E-state index is 2.50. The van der Waals surface area contributed by atoms with Crippen LogP contribution in [0.15, 0.2) is 133 Å². The second kappa shape index (κ2) is 10.5. The zero-order valence-corrected chi connectivity index (χ0v) is 26.4. The maximum Gasteiger partial charge on any atom is -0.000706 e. The average molecular weight is 599 g/mol. The first-order valence-electron chi connectivity index (χ1n) is 17.1. The van der Waals surface area contributed by atoms with Crippen molar-refractivity contribution in [2.75, 3.05) is 0 Å². The number of allylic oxidation sites excluding steroid dienone is 2. The summed E-state index contributed by atoms with van der Waals surface area (Å²) in [4.78, 5) is 0. The predicted molar refractivity (Wildman–Crippen MR) is 201 cm³/mol. The molecule has 7 aromatic rings. The van der Waals surface area contributed by atoms with Gasteiger partial charge in [-0.15, -0.1) is 0 Å². The van der Waals surface area contributed by atoms with Crippen LogP contribution in [0.5, 0.6) is 0 Å². The van der Waals surface area contributed by atoms with Crippen LogP contribution in [0.3, 0.4) is 0 Å². The standard InChI is InChI=1S/C47H34/c1-2-13-31-26-36(25-24-30(31)12-1)47-41-22-9-7-20-39(41)46(40-21-8-10-23-42(40)47)35-17-11-16-34(27-35)45-38-19-6-4-15-33(38)28-43-37-18-5-3-14-32(37)29-44(43)45/h1-7,10-20,23-28H,8-9,21-22,29H2. The van der Waals surface area contributed by atoms with Crippen LogP contribution in [-0.2, 0) is 19.3 Å². The second-order valence-electron chi connectivity index (χ2n) is 13.4. The Kier molecular flexibility index (Phi) is 5.99. The van der Waals surface area contributed by atoms with E-state index in [0.717, 1.165) is 32.1 Å². The molecule has 0 aliphatic heterocycles. The molecule has 0 radical (unpaired) electrons. The molecule has 0 heterocycles. The third kappa shape index (κ3) is 4.14. The number of rotatable bonds is 3. The molecule has 0 amide bonds. The summed E-state index contributed by atoms with van der Waals surface area (Å²) >= 11 is 0. The second-order valence-corrected chi connectivity index (χ2v) is 13.4. The Labute approximate surface area is 276 Å². The summed E-state index contributed by atoms with van der Waals surface area (Å²) in [5.41, 5.74) is 19.7. The Bertz CT molecular complexity index is 2480. The fraction of sp³-hybridized carbons (Fsp3) is 0.106. The molecule has 3 aliphatic rings. The van der Waals surface area contributed by atoms with Crippen LogP contribution in [0, 0.1) is 0 Å². The van der Waals surface area contributed by atoms with Crippen LogP contribution in [-0.4, -0.2) is 0 Å². The van der Waals surface area contributed by atoms with E-state index in [1.54, 1.807) is 0 Å². The van der Waals surface area contributed by atoms with Crippen molar-refractivity contribution < 1.29 is 0 Å². The van der Waals surface area contributed by atoms with Crippen LogP contribution in [0.4, 0.5) is 0 Å². The number of hydrogen-bond donors (Lipinski definition) is 0. The van der Waals surface area contributed by atoms with Crippen molar-refractivity contribution in [2.45, 2.75) is 32.1 Å². The van der Waals surface area contributed by atoms with Gasteiger partial charge in [0.15, 0.2) is 0 Å². The van der Waals surface area contributed by atoms with Gasteiger partial charge in [0.1, 0.15) is 0 Å². The van der Waals surface area contributed by atoms with Crippen molar-refractivity contribution in [3.05, 3.63) is 167 Å². The third-order valence-electron chi connectivity index (χ3n) is 10.8. The van der Waals surface area contributed by atoms with Crippen molar-refractivity contribution in [1.29, 1.82) is 0 Å². The predicted octanol–water partition coefficient (Wildman–Crippen LogP) is 12.5. The van der Waals surface area contributed by atoms with Gasteiger partial charge in [-0.1, -0.05) is 127 Å². The first-order chi connectivity index (χ1) is 23.3. The molecular weight excluding hydrogens is 565 g/mol. The van der Waals surface area contributed by atoms with Crippen LogP contribution in [0.25, 0.3) is 78.2 Å². The van der Waals surface area contributed by atoms with Gasteiger partial charge in [0.2, 0.25) is 0 Å². The monoisotopic (exact) mass is 598 g/mol. The summed E-state index contributed by atoms with van der Waals surface area (Å²) < 4.78 is 0. The van der Waals surface area contributed by atoms with Gasteiger partial charge in [-0.3, -0.25) is 0 Å². The van der Waals surface area contributed by atoms with Gasteiger partial charge in [0, 0.05) is 0 Å². The highest BCUT2D eigenvalue weighted by Gasteiger charge is 2.27. The molecule has 0 spiro atoms. The van der Waals surface area contributed by atoms with E-state index in [4.69, 9.17) is 0 Å². The molecule has 222 valence electrons. The molecule has 0 saturated heterocycles. The summed E-state index contributed by atoms with van der Waals surface area (Å²) in [6.45, 7) is 0. The van der Waals surface area contributed by atoms with Crippen molar-refractivity contribution in [2.24, 2.45) is 0 Å². The molecule has 0 nitrogen and oxygen atoms in total. The van der Waals surface area contributed by atoms with E-state index in [1.165, 1.54) is 99.4 Å². The fourth-order valence-electron chi connectivity index (χ4n) is 8.75. The quantitative estimate of drug-likeness (QED) is 0.190. The lowest BCUT2D eigenvalue weighted by Gasteiger charge is -2.28. The van der Waals surface area contributed by atoms with Crippen LogP contribution in [0.1, 0.15) is 46.2 Å². The van der Waals surface area contributed by atoms with E-state index < -0.39 is 0 Å². The lowest BCUT2D eigenvalue weighted by Crippen LogP contribution is -2.09.